The van der Waals surface area contributed by atoms with Crippen LogP contribution in [0.4, 0.5) is 5.00 Å². The molecule has 1 aromatic rings. The minimum Gasteiger partial charge on any atom is -0.481 e. The fourth-order valence-corrected chi connectivity index (χ4v) is 6.55. The van der Waals surface area contributed by atoms with Gasteiger partial charge in [-0.2, -0.15) is 0 Å². The molecule has 0 unspecified atom stereocenters. The predicted octanol–water partition coefficient (Wildman–Crippen LogP) is 2.57. The van der Waals surface area contributed by atoms with Crippen LogP contribution in [0.3, 0.4) is 0 Å². The lowest BCUT2D eigenvalue weighted by atomic mass is 9.78. The van der Waals surface area contributed by atoms with Crippen molar-refractivity contribution in [1.29, 1.82) is 0 Å². The van der Waals surface area contributed by atoms with E-state index in [1.54, 1.807) is 0 Å². The van der Waals surface area contributed by atoms with Gasteiger partial charge in [-0.1, -0.05) is 19.8 Å². The molecule has 2 fully saturated rings. The summed E-state index contributed by atoms with van der Waals surface area (Å²) in [6, 6.07) is 0. The van der Waals surface area contributed by atoms with E-state index >= 15 is 0 Å². The first-order chi connectivity index (χ1) is 13.4. The van der Waals surface area contributed by atoms with Crippen molar-refractivity contribution in [3.8, 4) is 0 Å². The maximum Gasteiger partial charge on any atom is 0.310 e. The Hall–Kier alpha value is -1.93. The third-order valence-corrected chi connectivity index (χ3v) is 7.58. The molecule has 2 saturated heterocycles. The van der Waals surface area contributed by atoms with Crippen molar-refractivity contribution in [2.45, 2.75) is 64.1 Å². The fourth-order valence-electron chi connectivity index (χ4n) is 5.18. The third kappa shape index (κ3) is 3.22. The normalized spacial score (nSPS) is 30.8. The lowest BCUT2D eigenvalue weighted by molar-refractivity contribution is -0.147. The van der Waals surface area contributed by atoms with Crippen molar-refractivity contribution in [1.82, 2.24) is 0 Å². The number of carbonyl (C=O) groups is 3. The molecule has 5 atom stereocenters. The number of carbonyl (C=O) groups excluding carboxylic acids is 2. The van der Waals surface area contributed by atoms with Crippen molar-refractivity contribution in [2.75, 3.05) is 5.32 Å². The summed E-state index contributed by atoms with van der Waals surface area (Å²) >= 11 is 1.42. The maximum atomic E-state index is 13.0. The number of carboxylic acid groups (broad SMARTS) is 1. The number of anilines is 1. The van der Waals surface area contributed by atoms with Gasteiger partial charge < -0.3 is 20.9 Å². The van der Waals surface area contributed by atoms with Crippen LogP contribution in [0.2, 0.25) is 0 Å². The van der Waals surface area contributed by atoms with Gasteiger partial charge in [-0.05, 0) is 43.6 Å². The van der Waals surface area contributed by atoms with Crippen LogP contribution < -0.4 is 11.1 Å². The van der Waals surface area contributed by atoms with Gasteiger partial charge >= 0.3 is 5.97 Å². The summed E-state index contributed by atoms with van der Waals surface area (Å²) in [5.74, 6) is -2.90. The predicted molar refractivity (Wildman–Crippen MR) is 104 cm³/mol. The average molecular weight is 407 g/mol. The van der Waals surface area contributed by atoms with E-state index in [9.17, 15) is 19.5 Å². The van der Waals surface area contributed by atoms with E-state index < -0.39 is 29.8 Å². The topological polar surface area (TPSA) is 119 Å². The summed E-state index contributed by atoms with van der Waals surface area (Å²) in [6.07, 6.45) is 5.57. The van der Waals surface area contributed by atoms with E-state index in [0.717, 1.165) is 42.5 Å². The summed E-state index contributed by atoms with van der Waals surface area (Å²) in [7, 11) is 0. The van der Waals surface area contributed by atoms with E-state index in [1.807, 2.05) is 0 Å². The quantitative estimate of drug-likeness (QED) is 0.671. The molecule has 3 heterocycles. The Morgan fingerprint density at radius 3 is 2.57 bits per heavy atom. The van der Waals surface area contributed by atoms with Gasteiger partial charge in [0.2, 0.25) is 5.91 Å². The highest BCUT2D eigenvalue weighted by Gasteiger charge is 2.55. The molecule has 4 rings (SSSR count). The highest BCUT2D eigenvalue weighted by Crippen LogP contribution is 2.45. The first kappa shape index (κ1) is 19.4. The number of carboxylic acids is 1. The fraction of sp³-hybridized carbons (Fsp3) is 0.650. The molecule has 152 valence electrons. The molecule has 2 bridgehead atoms. The molecule has 2 amide bonds. The number of primary amides is 1. The van der Waals surface area contributed by atoms with Gasteiger partial charge in [0.1, 0.15) is 5.00 Å². The smallest absolute Gasteiger partial charge is 0.310 e. The second-order valence-electron chi connectivity index (χ2n) is 8.14. The second-order valence-corrected chi connectivity index (χ2v) is 9.24. The van der Waals surface area contributed by atoms with Gasteiger partial charge in [0.05, 0.1) is 29.6 Å². The molecular formula is C20H26N2O5S. The van der Waals surface area contributed by atoms with E-state index in [1.165, 1.54) is 11.3 Å². The number of ether oxygens (including phenoxy) is 1. The molecule has 0 radical (unpaired) electrons. The van der Waals surface area contributed by atoms with Crippen LogP contribution in [0.15, 0.2) is 0 Å². The summed E-state index contributed by atoms with van der Waals surface area (Å²) in [5.41, 5.74) is 7.00. The van der Waals surface area contributed by atoms with Gasteiger partial charge in [-0.25, -0.2) is 0 Å². The van der Waals surface area contributed by atoms with Gasteiger partial charge in [0.15, 0.2) is 0 Å². The minimum atomic E-state index is -1.00. The van der Waals surface area contributed by atoms with Crippen LogP contribution >= 0.6 is 11.3 Å². The molecule has 28 heavy (non-hydrogen) atoms. The molecule has 4 N–H and O–H groups in total. The molecule has 8 heteroatoms. The van der Waals surface area contributed by atoms with E-state index in [-0.39, 0.29) is 12.0 Å². The summed E-state index contributed by atoms with van der Waals surface area (Å²) in [4.78, 5) is 37.9. The van der Waals surface area contributed by atoms with Gasteiger partial charge in [-0.15, -0.1) is 11.3 Å². The van der Waals surface area contributed by atoms with Crippen LogP contribution in [0.5, 0.6) is 0 Å². The Labute approximate surface area is 167 Å². The minimum absolute atomic E-state index is 0.369. The number of hydrogen-bond acceptors (Lipinski definition) is 5. The zero-order chi connectivity index (χ0) is 20.0. The van der Waals surface area contributed by atoms with Crippen LogP contribution in [0.25, 0.3) is 0 Å². The van der Waals surface area contributed by atoms with E-state index in [2.05, 4.69) is 12.2 Å². The molecule has 0 aromatic carbocycles. The number of rotatable bonds is 6. The number of amides is 2. The first-order valence-corrected chi connectivity index (χ1v) is 10.9. The molecule has 0 saturated carbocycles. The maximum absolute atomic E-state index is 13.0. The Morgan fingerprint density at radius 2 is 1.93 bits per heavy atom. The number of thiophene rings is 1. The van der Waals surface area contributed by atoms with Crippen molar-refractivity contribution < 1.29 is 24.2 Å². The number of hydrogen-bond donors (Lipinski definition) is 3. The van der Waals surface area contributed by atoms with E-state index in [4.69, 9.17) is 10.5 Å². The number of fused-ring (bicyclic) bond motifs is 3. The summed E-state index contributed by atoms with van der Waals surface area (Å²) < 4.78 is 5.69. The van der Waals surface area contributed by atoms with Crippen molar-refractivity contribution in [3.05, 3.63) is 16.0 Å². The van der Waals surface area contributed by atoms with Crippen molar-refractivity contribution >= 4 is 34.1 Å². The number of aliphatic carboxylic acids is 1. The summed E-state index contributed by atoms with van der Waals surface area (Å²) in [6.45, 7) is 2.17. The highest BCUT2D eigenvalue weighted by molar-refractivity contribution is 7.17. The van der Waals surface area contributed by atoms with Gasteiger partial charge in [-0.3, -0.25) is 14.4 Å². The zero-order valence-electron chi connectivity index (χ0n) is 15.9. The van der Waals surface area contributed by atoms with Gasteiger partial charge in [0, 0.05) is 4.88 Å². The molecule has 1 aromatic heterocycles. The zero-order valence-corrected chi connectivity index (χ0v) is 16.7. The highest BCUT2D eigenvalue weighted by atomic mass is 32.1. The van der Waals surface area contributed by atoms with Crippen LogP contribution in [-0.2, 0) is 27.2 Å². The molecular weight excluding hydrogens is 380 g/mol. The first-order valence-electron chi connectivity index (χ1n) is 10.0. The number of nitrogens with one attached hydrogen (secondary N) is 1. The van der Waals surface area contributed by atoms with Crippen LogP contribution in [0.1, 0.15) is 59.8 Å². The van der Waals surface area contributed by atoms with Gasteiger partial charge in [0.25, 0.3) is 5.91 Å². The SMILES string of the molecule is CCC[C@H]1CCc2c(sc(NC(=O)[C@H]3[C@@H](C(=O)O)[C@@H]4CC[C@@H]3O4)c2C(N)=O)C1. The standard InChI is InChI=1S/C20H26N2O5S/c1-2-3-9-4-5-10-13(8-9)28-19(14(10)17(21)23)22-18(24)15-11-6-7-12(27-11)16(15)20(25)26/h9,11-12,15-16H,2-8H2,1H3,(H2,21,23)(H,22,24)(H,25,26)/t9-,11-,12-,15+,16-/m0/s1. The average Bonchev–Trinajstić information content (AvgIpc) is 3.33. The molecule has 3 aliphatic rings. The molecule has 1 aliphatic carbocycles. The van der Waals surface area contributed by atoms with E-state index in [0.29, 0.717) is 29.3 Å². The Bertz CT molecular complexity index is 820. The lowest BCUT2D eigenvalue weighted by Crippen LogP contribution is -2.41. The van der Waals surface area contributed by atoms with Crippen molar-refractivity contribution in [2.24, 2.45) is 23.5 Å². The van der Waals surface area contributed by atoms with Crippen LogP contribution in [0, 0.1) is 17.8 Å². The summed E-state index contributed by atoms with van der Waals surface area (Å²) in [5, 5.41) is 12.9. The second kappa shape index (κ2) is 7.48. The Balaban J connectivity index is 1.59. The Kier molecular flexibility index (Phi) is 5.18. The number of nitrogens with two attached hydrogens (primary N) is 1. The largest absolute Gasteiger partial charge is 0.481 e. The molecule has 2 aliphatic heterocycles. The molecule has 0 spiro atoms. The van der Waals surface area contributed by atoms with Crippen molar-refractivity contribution in [3.63, 3.8) is 0 Å². The molecule has 7 nitrogen and oxygen atoms in total. The monoisotopic (exact) mass is 406 g/mol. The third-order valence-electron chi connectivity index (χ3n) is 6.41. The lowest BCUT2D eigenvalue weighted by Gasteiger charge is -2.23. The van der Waals surface area contributed by atoms with Crippen LogP contribution in [-0.4, -0.2) is 35.1 Å². The Morgan fingerprint density at radius 1 is 1.21 bits per heavy atom.